The van der Waals surface area contributed by atoms with Crippen LogP contribution in [0.5, 0.6) is 0 Å². The number of nitrogens with one attached hydrogen (secondary N) is 1. The number of para-hydroxylation sites is 2. The van der Waals surface area contributed by atoms with Gasteiger partial charge in [0.2, 0.25) is 5.91 Å². The van der Waals surface area contributed by atoms with E-state index in [1.165, 1.54) is 36.7 Å². The molecule has 0 radical (unpaired) electrons. The molecule has 27 heavy (non-hydrogen) atoms. The van der Waals surface area contributed by atoms with Crippen LogP contribution in [-0.4, -0.2) is 27.3 Å². The van der Waals surface area contributed by atoms with Gasteiger partial charge in [0, 0.05) is 6.04 Å². The highest BCUT2D eigenvalue weighted by Gasteiger charge is 2.18. The summed E-state index contributed by atoms with van der Waals surface area (Å²) in [6, 6.07) is 14.8. The molecule has 140 valence electrons. The zero-order valence-electron chi connectivity index (χ0n) is 15.0. The van der Waals surface area contributed by atoms with E-state index in [9.17, 15) is 9.18 Å². The number of thioether (sulfide) groups is 1. The third-order valence-corrected chi connectivity index (χ3v) is 5.90. The van der Waals surface area contributed by atoms with Crippen LogP contribution in [0.25, 0.3) is 11.0 Å². The fraction of sp³-hybridized carbons (Fsp3) is 0.333. The minimum atomic E-state index is -0.243. The minimum Gasteiger partial charge on any atom is -0.353 e. The average Bonchev–Trinajstić information content (AvgIpc) is 3.30. The fourth-order valence-electron chi connectivity index (χ4n) is 3.56. The van der Waals surface area contributed by atoms with Crippen molar-refractivity contribution in [2.75, 3.05) is 5.75 Å². The molecule has 1 aromatic heterocycles. The number of imidazole rings is 1. The molecule has 0 aliphatic heterocycles. The number of aromatic nitrogens is 2. The third kappa shape index (κ3) is 4.33. The van der Waals surface area contributed by atoms with Gasteiger partial charge >= 0.3 is 0 Å². The molecule has 4 nitrogen and oxygen atoms in total. The number of rotatable bonds is 6. The molecule has 1 aliphatic carbocycles. The quantitative estimate of drug-likeness (QED) is 0.643. The number of benzene rings is 2. The predicted molar refractivity (Wildman–Crippen MR) is 106 cm³/mol. The lowest BCUT2D eigenvalue weighted by atomic mass is 10.2. The molecule has 1 saturated carbocycles. The molecule has 1 heterocycles. The summed E-state index contributed by atoms with van der Waals surface area (Å²) in [4.78, 5) is 17.0. The molecule has 1 N–H and O–H groups in total. The third-order valence-electron chi connectivity index (χ3n) is 4.93. The molecule has 0 bridgehead atoms. The maximum Gasteiger partial charge on any atom is 0.230 e. The summed E-state index contributed by atoms with van der Waals surface area (Å²) < 4.78 is 15.3. The van der Waals surface area contributed by atoms with Crippen molar-refractivity contribution < 1.29 is 9.18 Å². The highest BCUT2D eigenvalue weighted by atomic mass is 32.2. The molecule has 0 spiro atoms. The molecule has 1 amide bonds. The Balaban J connectivity index is 1.52. The van der Waals surface area contributed by atoms with E-state index in [1.54, 1.807) is 12.1 Å². The maximum atomic E-state index is 13.2. The second-order valence-corrected chi connectivity index (χ2v) is 7.88. The smallest absolute Gasteiger partial charge is 0.230 e. The Bertz CT molecular complexity index is 932. The Morgan fingerprint density at radius 2 is 1.89 bits per heavy atom. The molecule has 1 fully saturated rings. The molecule has 4 rings (SSSR count). The van der Waals surface area contributed by atoms with Crippen molar-refractivity contribution in [2.24, 2.45) is 0 Å². The molecule has 1 aliphatic rings. The highest BCUT2D eigenvalue weighted by Crippen LogP contribution is 2.25. The second-order valence-electron chi connectivity index (χ2n) is 6.93. The second kappa shape index (κ2) is 8.13. The van der Waals surface area contributed by atoms with Crippen LogP contribution >= 0.6 is 11.8 Å². The summed E-state index contributed by atoms with van der Waals surface area (Å²) in [6.07, 6.45) is 4.57. The van der Waals surface area contributed by atoms with Gasteiger partial charge in [0.25, 0.3) is 0 Å². The van der Waals surface area contributed by atoms with Gasteiger partial charge in [0.1, 0.15) is 5.82 Å². The summed E-state index contributed by atoms with van der Waals surface area (Å²) in [5.41, 5.74) is 2.91. The lowest BCUT2D eigenvalue weighted by Gasteiger charge is -2.12. The van der Waals surface area contributed by atoms with Gasteiger partial charge in [-0.2, -0.15) is 0 Å². The van der Waals surface area contributed by atoms with Crippen molar-refractivity contribution in [1.82, 2.24) is 14.9 Å². The molecule has 2 aromatic carbocycles. The highest BCUT2D eigenvalue weighted by molar-refractivity contribution is 7.99. The standard InChI is InChI=1S/C21H22FN3OS/c22-16-11-9-15(10-12-16)13-25-19-8-4-3-7-18(19)24-21(25)27-14-20(26)23-17-5-1-2-6-17/h3-4,7-12,17H,1-2,5-6,13-14H2,(H,23,26). The van der Waals surface area contributed by atoms with Crippen molar-refractivity contribution >= 4 is 28.7 Å². The monoisotopic (exact) mass is 383 g/mol. The lowest BCUT2D eigenvalue weighted by molar-refractivity contribution is -0.119. The van der Waals surface area contributed by atoms with Crippen LogP contribution in [0.2, 0.25) is 0 Å². The van der Waals surface area contributed by atoms with E-state index >= 15 is 0 Å². The largest absolute Gasteiger partial charge is 0.353 e. The molecular weight excluding hydrogens is 361 g/mol. The van der Waals surface area contributed by atoms with Crippen LogP contribution in [0.3, 0.4) is 0 Å². The summed E-state index contributed by atoms with van der Waals surface area (Å²) in [5, 5.41) is 3.93. The summed E-state index contributed by atoms with van der Waals surface area (Å²) >= 11 is 1.45. The van der Waals surface area contributed by atoms with Gasteiger partial charge in [-0.15, -0.1) is 0 Å². The predicted octanol–water partition coefficient (Wildman–Crippen LogP) is 4.37. The van der Waals surface area contributed by atoms with Crippen molar-refractivity contribution in [3.05, 3.63) is 59.9 Å². The zero-order valence-corrected chi connectivity index (χ0v) is 15.8. The van der Waals surface area contributed by atoms with Gasteiger partial charge < -0.3 is 9.88 Å². The van der Waals surface area contributed by atoms with E-state index in [2.05, 4.69) is 9.88 Å². The van der Waals surface area contributed by atoms with E-state index < -0.39 is 0 Å². The topological polar surface area (TPSA) is 46.9 Å². The Hall–Kier alpha value is -2.34. The zero-order chi connectivity index (χ0) is 18.6. The van der Waals surface area contributed by atoms with Gasteiger partial charge in [-0.3, -0.25) is 4.79 Å². The van der Waals surface area contributed by atoms with Crippen molar-refractivity contribution in [1.29, 1.82) is 0 Å². The van der Waals surface area contributed by atoms with Gasteiger partial charge in [-0.1, -0.05) is 48.9 Å². The Morgan fingerprint density at radius 3 is 2.67 bits per heavy atom. The lowest BCUT2D eigenvalue weighted by Crippen LogP contribution is -2.33. The van der Waals surface area contributed by atoms with Gasteiger partial charge in [0.05, 0.1) is 23.3 Å². The number of amides is 1. The normalized spacial score (nSPS) is 14.7. The first-order valence-electron chi connectivity index (χ1n) is 9.31. The number of hydrogen-bond donors (Lipinski definition) is 1. The molecule has 0 atom stereocenters. The number of carbonyl (C=O) groups is 1. The van der Waals surface area contributed by atoms with Crippen LogP contribution in [0.15, 0.2) is 53.7 Å². The Kier molecular flexibility index (Phi) is 5.43. The van der Waals surface area contributed by atoms with Gasteiger partial charge in [-0.25, -0.2) is 9.37 Å². The van der Waals surface area contributed by atoms with Crippen molar-refractivity contribution in [3.63, 3.8) is 0 Å². The number of halogens is 1. The van der Waals surface area contributed by atoms with Crippen molar-refractivity contribution in [3.8, 4) is 0 Å². The van der Waals surface area contributed by atoms with E-state index in [4.69, 9.17) is 4.98 Å². The number of hydrogen-bond acceptors (Lipinski definition) is 3. The number of carbonyl (C=O) groups excluding carboxylic acids is 1. The fourth-order valence-corrected chi connectivity index (χ4v) is 4.38. The molecule has 0 unspecified atom stereocenters. The Labute approximate surface area is 162 Å². The summed E-state index contributed by atoms with van der Waals surface area (Å²) in [7, 11) is 0. The number of nitrogens with zero attached hydrogens (tertiary/aromatic N) is 2. The minimum absolute atomic E-state index is 0.0623. The van der Waals surface area contributed by atoms with E-state index in [0.717, 1.165) is 34.6 Å². The molecule has 3 aromatic rings. The van der Waals surface area contributed by atoms with Crippen LogP contribution in [0.1, 0.15) is 31.2 Å². The Morgan fingerprint density at radius 1 is 1.15 bits per heavy atom. The maximum absolute atomic E-state index is 13.2. The molecule has 6 heteroatoms. The van der Waals surface area contributed by atoms with E-state index in [-0.39, 0.29) is 11.7 Å². The SMILES string of the molecule is O=C(CSc1nc2ccccc2n1Cc1ccc(F)cc1)NC1CCCC1. The first kappa shape index (κ1) is 18.0. The van der Waals surface area contributed by atoms with Crippen molar-refractivity contribution in [2.45, 2.75) is 43.4 Å². The van der Waals surface area contributed by atoms with Crippen LogP contribution < -0.4 is 5.32 Å². The van der Waals surface area contributed by atoms with Crippen LogP contribution in [0, 0.1) is 5.82 Å². The van der Waals surface area contributed by atoms with Crippen LogP contribution in [-0.2, 0) is 11.3 Å². The summed E-state index contributed by atoms with van der Waals surface area (Å²) in [5.74, 6) is 0.170. The molecule has 0 saturated heterocycles. The van der Waals surface area contributed by atoms with E-state index in [0.29, 0.717) is 18.3 Å². The first-order valence-corrected chi connectivity index (χ1v) is 10.3. The first-order chi connectivity index (χ1) is 13.2. The van der Waals surface area contributed by atoms with Gasteiger partial charge in [-0.05, 0) is 42.7 Å². The number of fused-ring (bicyclic) bond motifs is 1. The molecular formula is C21H22FN3OS. The summed E-state index contributed by atoms with van der Waals surface area (Å²) in [6.45, 7) is 0.591. The van der Waals surface area contributed by atoms with Gasteiger partial charge in [0.15, 0.2) is 5.16 Å². The average molecular weight is 383 g/mol. The van der Waals surface area contributed by atoms with Crippen LogP contribution in [0.4, 0.5) is 4.39 Å². The van der Waals surface area contributed by atoms with E-state index in [1.807, 2.05) is 24.3 Å².